The second kappa shape index (κ2) is 5.22. The van der Waals surface area contributed by atoms with Gasteiger partial charge in [-0.3, -0.25) is 4.98 Å². The third kappa shape index (κ3) is 2.19. The average Bonchev–Trinajstić information content (AvgIpc) is 3.05. The fourth-order valence-electron chi connectivity index (χ4n) is 3.90. The molecule has 0 bridgehead atoms. The molecule has 2 aliphatic rings. The second-order valence-electron chi connectivity index (χ2n) is 5.84. The van der Waals surface area contributed by atoms with Crippen LogP contribution in [0, 0.1) is 0 Å². The number of ether oxygens (including phenoxy) is 1. The smallest absolute Gasteiger partial charge is 0.0946 e. The van der Waals surface area contributed by atoms with Gasteiger partial charge in [-0.05, 0) is 44.2 Å². The minimum atomic E-state index is -0.411. The molecule has 0 saturated heterocycles. The molecule has 1 aromatic rings. The van der Waals surface area contributed by atoms with Crippen LogP contribution in [0.2, 0.25) is 0 Å². The summed E-state index contributed by atoms with van der Waals surface area (Å²) in [6.45, 7) is 2.70. The number of aryl methyl sites for hydroxylation is 1. The first-order valence-corrected chi connectivity index (χ1v) is 7.52. The molecule has 1 saturated carbocycles. The lowest BCUT2D eigenvalue weighted by atomic mass is 9.83. The van der Waals surface area contributed by atoms with Crippen LogP contribution in [0.3, 0.4) is 0 Å². The van der Waals surface area contributed by atoms with Gasteiger partial charge in [-0.1, -0.05) is 18.9 Å². The van der Waals surface area contributed by atoms with Crippen LogP contribution in [0.5, 0.6) is 0 Å². The first kappa shape index (κ1) is 13.1. The number of aliphatic hydroxyl groups excluding tert-OH is 1. The van der Waals surface area contributed by atoms with Crippen LogP contribution in [0.15, 0.2) is 18.3 Å². The third-order valence-electron chi connectivity index (χ3n) is 4.80. The molecule has 2 aliphatic carbocycles. The van der Waals surface area contributed by atoms with Gasteiger partial charge >= 0.3 is 0 Å². The Morgan fingerprint density at radius 1 is 1.47 bits per heavy atom. The van der Waals surface area contributed by atoms with Crippen LogP contribution in [0.1, 0.15) is 56.2 Å². The van der Waals surface area contributed by atoms with Gasteiger partial charge in [0, 0.05) is 24.4 Å². The molecule has 3 rings (SSSR count). The highest BCUT2D eigenvalue weighted by atomic mass is 16.5. The van der Waals surface area contributed by atoms with Crippen LogP contribution in [0.25, 0.3) is 0 Å². The molecule has 0 aromatic carbocycles. The summed E-state index contributed by atoms with van der Waals surface area (Å²) in [6, 6.07) is 4.12. The third-order valence-corrected chi connectivity index (χ3v) is 4.80. The summed E-state index contributed by atoms with van der Waals surface area (Å²) in [7, 11) is 0. The van der Waals surface area contributed by atoms with Gasteiger partial charge < -0.3 is 9.84 Å². The normalized spacial score (nSPS) is 26.3. The molecule has 0 radical (unpaired) electrons. The zero-order valence-electron chi connectivity index (χ0n) is 11.6. The number of aliphatic hydroxyl groups is 1. The maximum atomic E-state index is 10.9. The Balaban J connectivity index is 1.86. The van der Waals surface area contributed by atoms with E-state index in [2.05, 4.69) is 11.1 Å². The van der Waals surface area contributed by atoms with Gasteiger partial charge in [-0.25, -0.2) is 0 Å². The minimum Gasteiger partial charge on any atom is -0.389 e. The molecule has 1 aromatic heterocycles. The Bertz CT molecular complexity index is 440. The zero-order valence-corrected chi connectivity index (χ0v) is 11.6. The van der Waals surface area contributed by atoms with Gasteiger partial charge in [0.25, 0.3) is 0 Å². The van der Waals surface area contributed by atoms with Gasteiger partial charge in [0.2, 0.25) is 0 Å². The Morgan fingerprint density at radius 2 is 2.26 bits per heavy atom. The fraction of sp³-hybridized carbons (Fsp3) is 0.688. The molecule has 3 heteroatoms. The van der Waals surface area contributed by atoms with Crippen molar-refractivity contribution in [3.63, 3.8) is 0 Å². The first-order chi connectivity index (χ1) is 9.27. The molecular weight excluding hydrogens is 238 g/mol. The Morgan fingerprint density at radius 3 is 3.00 bits per heavy atom. The van der Waals surface area contributed by atoms with E-state index < -0.39 is 6.10 Å². The largest absolute Gasteiger partial charge is 0.389 e. The van der Waals surface area contributed by atoms with Crippen molar-refractivity contribution >= 4 is 0 Å². The van der Waals surface area contributed by atoms with E-state index in [0.717, 1.165) is 31.4 Å². The van der Waals surface area contributed by atoms with Crippen LogP contribution in [-0.2, 0) is 11.2 Å². The van der Waals surface area contributed by atoms with Gasteiger partial charge in [0.15, 0.2) is 0 Å². The van der Waals surface area contributed by atoms with Gasteiger partial charge in [-0.15, -0.1) is 0 Å². The van der Waals surface area contributed by atoms with Crippen LogP contribution in [0.4, 0.5) is 0 Å². The van der Waals surface area contributed by atoms with E-state index in [1.165, 1.54) is 18.4 Å². The highest BCUT2D eigenvalue weighted by Crippen LogP contribution is 2.44. The number of pyridine rings is 1. The molecule has 3 nitrogen and oxygen atoms in total. The maximum absolute atomic E-state index is 10.9. The second-order valence-corrected chi connectivity index (χ2v) is 5.84. The Hall–Kier alpha value is -0.930. The predicted octanol–water partition coefficient (Wildman–Crippen LogP) is 2.82. The molecule has 0 spiro atoms. The number of fused-ring (bicyclic) bond motifs is 1. The molecule has 0 amide bonds. The maximum Gasteiger partial charge on any atom is 0.0946 e. The van der Waals surface area contributed by atoms with Gasteiger partial charge in [-0.2, -0.15) is 0 Å². The summed E-state index contributed by atoms with van der Waals surface area (Å²) >= 11 is 0. The van der Waals surface area contributed by atoms with Crippen molar-refractivity contribution < 1.29 is 9.84 Å². The molecule has 0 aliphatic heterocycles. The lowest BCUT2D eigenvalue weighted by Gasteiger charge is -2.37. The van der Waals surface area contributed by atoms with Crippen molar-refractivity contribution in [1.82, 2.24) is 4.98 Å². The van der Waals surface area contributed by atoms with Crippen molar-refractivity contribution in [2.45, 2.75) is 63.1 Å². The lowest BCUT2D eigenvalue weighted by molar-refractivity contribution is -0.125. The van der Waals surface area contributed by atoms with Crippen LogP contribution >= 0.6 is 0 Å². The number of nitrogens with zero attached hydrogens (tertiary/aromatic N) is 1. The van der Waals surface area contributed by atoms with Gasteiger partial charge in [0.1, 0.15) is 0 Å². The Labute approximate surface area is 115 Å². The van der Waals surface area contributed by atoms with E-state index in [9.17, 15) is 5.11 Å². The summed E-state index contributed by atoms with van der Waals surface area (Å²) < 4.78 is 6.00. The molecule has 104 valence electrons. The summed E-state index contributed by atoms with van der Waals surface area (Å²) in [5, 5.41) is 10.9. The average molecular weight is 261 g/mol. The first-order valence-electron chi connectivity index (χ1n) is 7.52. The quantitative estimate of drug-likeness (QED) is 0.906. The highest BCUT2D eigenvalue weighted by molar-refractivity contribution is 5.30. The molecule has 2 unspecified atom stereocenters. The number of rotatable bonds is 4. The molecule has 2 atom stereocenters. The SMILES string of the molecule is CCOC1(C(O)C2CCc3cccnc32)CCCC1. The van der Waals surface area contributed by atoms with Crippen molar-refractivity contribution in [2.75, 3.05) is 6.61 Å². The van der Waals surface area contributed by atoms with Crippen molar-refractivity contribution in [2.24, 2.45) is 0 Å². The fourth-order valence-corrected chi connectivity index (χ4v) is 3.90. The summed E-state index contributed by atoms with van der Waals surface area (Å²) in [6.07, 6.45) is 7.77. The minimum absolute atomic E-state index is 0.154. The van der Waals surface area contributed by atoms with Crippen molar-refractivity contribution in [3.05, 3.63) is 29.6 Å². The molecule has 1 heterocycles. The van der Waals surface area contributed by atoms with Crippen LogP contribution in [-0.4, -0.2) is 28.4 Å². The van der Waals surface area contributed by atoms with Crippen molar-refractivity contribution in [3.8, 4) is 0 Å². The molecule has 19 heavy (non-hydrogen) atoms. The summed E-state index contributed by atoms with van der Waals surface area (Å²) in [5.74, 6) is 0.154. The monoisotopic (exact) mass is 261 g/mol. The predicted molar refractivity (Wildman–Crippen MR) is 74.1 cm³/mol. The number of aromatic nitrogens is 1. The summed E-state index contributed by atoms with van der Waals surface area (Å²) in [5.41, 5.74) is 2.08. The van der Waals surface area contributed by atoms with E-state index in [0.29, 0.717) is 6.61 Å². The van der Waals surface area contributed by atoms with E-state index in [4.69, 9.17) is 4.74 Å². The topological polar surface area (TPSA) is 42.4 Å². The van der Waals surface area contributed by atoms with Crippen LogP contribution < -0.4 is 0 Å². The molecule has 1 fully saturated rings. The van der Waals surface area contributed by atoms with E-state index in [1.807, 2.05) is 19.2 Å². The highest BCUT2D eigenvalue weighted by Gasteiger charge is 2.47. The number of hydrogen-bond donors (Lipinski definition) is 1. The standard InChI is InChI=1S/C16H23NO2/c1-2-19-16(9-3-4-10-16)15(18)13-8-7-12-6-5-11-17-14(12)13/h5-6,11,13,15,18H,2-4,7-10H2,1H3. The van der Waals surface area contributed by atoms with E-state index in [1.54, 1.807) is 0 Å². The van der Waals surface area contributed by atoms with Crippen molar-refractivity contribution in [1.29, 1.82) is 0 Å². The zero-order chi connectivity index (χ0) is 13.3. The molecule has 1 N–H and O–H groups in total. The Kier molecular flexibility index (Phi) is 3.59. The number of hydrogen-bond acceptors (Lipinski definition) is 3. The lowest BCUT2D eigenvalue weighted by Crippen LogP contribution is -2.45. The van der Waals surface area contributed by atoms with Gasteiger partial charge in [0.05, 0.1) is 11.7 Å². The summed E-state index contributed by atoms with van der Waals surface area (Å²) in [4.78, 5) is 4.51. The van der Waals surface area contributed by atoms with E-state index >= 15 is 0 Å². The molecular formula is C16H23NO2. The van der Waals surface area contributed by atoms with E-state index in [-0.39, 0.29) is 11.5 Å².